The van der Waals surface area contributed by atoms with Crippen molar-refractivity contribution >= 4 is 23.2 Å². The molecule has 0 spiro atoms. The summed E-state index contributed by atoms with van der Waals surface area (Å²) in [6.45, 7) is 5.94. The van der Waals surface area contributed by atoms with Gasteiger partial charge in [0.25, 0.3) is 0 Å². The average Bonchev–Trinajstić information content (AvgIpc) is 3.56. The van der Waals surface area contributed by atoms with Gasteiger partial charge < -0.3 is 19.3 Å². The van der Waals surface area contributed by atoms with Crippen molar-refractivity contribution in [1.29, 1.82) is 0 Å². The van der Waals surface area contributed by atoms with Crippen molar-refractivity contribution in [3.8, 4) is 11.5 Å². The van der Waals surface area contributed by atoms with E-state index in [0.29, 0.717) is 37.6 Å². The molecular weight excluding hydrogens is 496 g/mol. The van der Waals surface area contributed by atoms with Crippen LogP contribution in [-0.4, -0.2) is 55.5 Å². The Bertz CT molecular complexity index is 1200. The van der Waals surface area contributed by atoms with Crippen LogP contribution in [0.3, 0.4) is 0 Å². The zero-order valence-corrected chi connectivity index (χ0v) is 23.6. The van der Waals surface area contributed by atoms with E-state index in [2.05, 4.69) is 26.0 Å². The van der Waals surface area contributed by atoms with E-state index < -0.39 is 0 Å². The number of hydrogen-bond donors (Lipinski definition) is 0. The molecular formula is C31H38N2O4S. The molecule has 2 unspecified atom stereocenters. The first-order valence-corrected chi connectivity index (χ1v) is 14.1. The summed E-state index contributed by atoms with van der Waals surface area (Å²) in [5.74, 6) is 1.91. The number of methoxy groups -OCH3 is 2. The van der Waals surface area contributed by atoms with Crippen LogP contribution in [0.2, 0.25) is 0 Å². The van der Waals surface area contributed by atoms with Gasteiger partial charge in [-0.05, 0) is 59.4 Å². The summed E-state index contributed by atoms with van der Waals surface area (Å²) in [5.41, 5.74) is 2.27. The quantitative estimate of drug-likeness (QED) is 0.285. The molecule has 0 N–H and O–H groups in total. The molecule has 38 heavy (non-hydrogen) atoms. The van der Waals surface area contributed by atoms with Crippen LogP contribution >= 0.6 is 11.3 Å². The van der Waals surface area contributed by atoms with Gasteiger partial charge in [0.05, 0.1) is 27.3 Å². The SMILES string of the molecule is COc1ccc(CCN(Cc2cccs2)C(=O)CN(CC(C)C)C(=O)C2CC2c2ccccc2)cc1OC. The zero-order valence-electron chi connectivity index (χ0n) is 22.8. The fourth-order valence-corrected chi connectivity index (χ4v) is 5.61. The van der Waals surface area contributed by atoms with Gasteiger partial charge in [0.1, 0.15) is 0 Å². The van der Waals surface area contributed by atoms with Crippen molar-refractivity contribution in [2.45, 2.75) is 39.2 Å². The normalized spacial score (nSPS) is 16.2. The van der Waals surface area contributed by atoms with E-state index in [1.165, 1.54) is 5.56 Å². The van der Waals surface area contributed by atoms with Gasteiger partial charge in [-0.1, -0.05) is 56.3 Å². The van der Waals surface area contributed by atoms with Gasteiger partial charge >= 0.3 is 0 Å². The lowest BCUT2D eigenvalue weighted by Gasteiger charge is -2.29. The molecule has 2 aromatic carbocycles. The van der Waals surface area contributed by atoms with Gasteiger partial charge in [0.2, 0.25) is 11.8 Å². The van der Waals surface area contributed by atoms with E-state index in [1.807, 2.05) is 58.8 Å². The molecule has 0 bridgehead atoms. The van der Waals surface area contributed by atoms with Gasteiger partial charge in [0.15, 0.2) is 11.5 Å². The second kappa shape index (κ2) is 13.0. The highest BCUT2D eigenvalue weighted by Crippen LogP contribution is 2.48. The average molecular weight is 535 g/mol. The maximum atomic E-state index is 13.7. The predicted octanol–water partition coefficient (Wildman–Crippen LogP) is 5.62. The summed E-state index contributed by atoms with van der Waals surface area (Å²) in [5, 5.41) is 2.03. The summed E-state index contributed by atoms with van der Waals surface area (Å²) in [4.78, 5) is 32.0. The molecule has 6 nitrogen and oxygen atoms in total. The van der Waals surface area contributed by atoms with Gasteiger partial charge in [-0.25, -0.2) is 0 Å². The van der Waals surface area contributed by atoms with Crippen LogP contribution in [0.25, 0.3) is 0 Å². The summed E-state index contributed by atoms with van der Waals surface area (Å²) in [7, 11) is 3.24. The van der Waals surface area contributed by atoms with E-state index in [4.69, 9.17) is 9.47 Å². The lowest BCUT2D eigenvalue weighted by Crippen LogP contribution is -2.45. The van der Waals surface area contributed by atoms with Crippen molar-refractivity contribution in [2.24, 2.45) is 11.8 Å². The minimum Gasteiger partial charge on any atom is -0.493 e. The third-order valence-electron chi connectivity index (χ3n) is 6.96. The van der Waals surface area contributed by atoms with Gasteiger partial charge in [-0.2, -0.15) is 0 Å². The lowest BCUT2D eigenvalue weighted by molar-refractivity contribution is -0.142. The predicted molar refractivity (Wildman–Crippen MR) is 152 cm³/mol. The number of benzene rings is 2. The Kier molecular flexibility index (Phi) is 9.45. The second-order valence-electron chi connectivity index (χ2n) is 10.3. The molecule has 202 valence electrons. The Hall–Kier alpha value is -3.32. The number of nitrogens with zero attached hydrogens (tertiary/aromatic N) is 2. The van der Waals surface area contributed by atoms with Crippen molar-refractivity contribution in [3.05, 3.63) is 82.0 Å². The highest BCUT2D eigenvalue weighted by molar-refractivity contribution is 7.09. The van der Waals surface area contributed by atoms with Crippen LogP contribution < -0.4 is 9.47 Å². The van der Waals surface area contributed by atoms with E-state index in [1.54, 1.807) is 30.5 Å². The topological polar surface area (TPSA) is 59.1 Å². The largest absolute Gasteiger partial charge is 0.493 e. The number of carbonyl (C=O) groups excluding carboxylic acids is 2. The second-order valence-corrected chi connectivity index (χ2v) is 11.3. The lowest BCUT2D eigenvalue weighted by atomic mass is 10.1. The Labute approximate surface area is 230 Å². The number of carbonyl (C=O) groups is 2. The monoisotopic (exact) mass is 534 g/mol. The summed E-state index contributed by atoms with van der Waals surface area (Å²) in [6.07, 6.45) is 1.53. The molecule has 2 amide bonds. The smallest absolute Gasteiger partial charge is 0.242 e. The van der Waals surface area contributed by atoms with E-state index in [0.717, 1.165) is 16.9 Å². The maximum Gasteiger partial charge on any atom is 0.242 e. The Morgan fingerprint density at radius 1 is 0.974 bits per heavy atom. The molecule has 1 fully saturated rings. The van der Waals surface area contributed by atoms with Crippen LogP contribution in [-0.2, 0) is 22.6 Å². The van der Waals surface area contributed by atoms with E-state index in [9.17, 15) is 9.59 Å². The standard InChI is InChI=1S/C31H38N2O4S/c1-22(2)19-33(31(35)27-18-26(27)24-9-6-5-7-10-24)21-30(34)32(20-25-11-8-16-38-25)15-14-23-12-13-28(36-3)29(17-23)37-4/h5-13,16-17,22,26-27H,14-15,18-21H2,1-4H3. The fourth-order valence-electron chi connectivity index (χ4n) is 4.89. The minimum atomic E-state index is -0.0403. The van der Waals surface area contributed by atoms with Crippen molar-refractivity contribution in [1.82, 2.24) is 9.80 Å². The molecule has 0 radical (unpaired) electrons. The van der Waals surface area contributed by atoms with Gasteiger partial charge in [0, 0.05) is 23.9 Å². The molecule has 3 aromatic rings. The number of rotatable bonds is 13. The number of ether oxygens (including phenoxy) is 2. The van der Waals surface area contributed by atoms with E-state index in [-0.39, 0.29) is 36.1 Å². The molecule has 0 saturated heterocycles. The Morgan fingerprint density at radius 3 is 2.39 bits per heavy atom. The molecule has 1 aliphatic rings. The summed E-state index contributed by atoms with van der Waals surface area (Å²) in [6, 6.07) is 20.1. The third kappa shape index (κ3) is 7.16. The molecule has 1 heterocycles. The Morgan fingerprint density at radius 2 is 1.74 bits per heavy atom. The van der Waals surface area contributed by atoms with Crippen LogP contribution in [0.15, 0.2) is 66.0 Å². The summed E-state index contributed by atoms with van der Waals surface area (Å²) < 4.78 is 10.8. The fraction of sp³-hybridized carbons (Fsp3) is 0.419. The molecule has 7 heteroatoms. The van der Waals surface area contributed by atoms with Gasteiger partial charge in [-0.3, -0.25) is 9.59 Å². The van der Waals surface area contributed by atoms with Crippen molar-refractivity contribution < 1.29 is 19.1 Å². The van der Waals surface area contributed by atoms with Crippen LogP contribution in [0.1, 0.15) is 42.2 Å². The van der Waals surface area contributed by atoms with E-state index >= 15 is 0 Å². The number of hydrogen-bond acceptors (Lipinski definition) is 5. The number of amides is 2. The third-order valence-corrected chi connectivity index (χ3v) is 7.82. The van der Waals surface area contributed by atoms with Crippen molar-refractivity contribution in [3.63, 3.8) is 0 Å². The molecule has 2 atom stereocenters. The highest BCUT2D eigenvalue weighted by Gasteiger charge is 2.46. The molecule has 1 aromatic heterocycles. The van der Waals surface area contributed by atoms with Crippen LogP contribution in [0.5, 0.6) is 11.5 Å². The minimum absolute atomic E-state index is 0.0233. The van der Waals surface area contributed by atoms with Crippen molar-refractivity contribution in [2.75, 3.05) is 33.9 Å². The van der Waals surface area contributed by atoms with Crippen LogP contribution in [0.4, 0.5) is 0 Å². The first kappa shape index (κ1) is 27.7. The van der Waals surface area contributed by atoms with Crippen LogP contribution in [0, 0.1) is 11.8 Å². The summed E-state index contributed by atoms with van der Waals surface area (Å²) >= 11 is 1.64. The molecule has 1 aliphatic carbocycles. The first-order valence-electron chi connectivity index (χ1n) is 13.2. The molecule has 0 aliphatic heterocycles. The zero-order chi connectivity index (χ0) is 27.1. The molecule has 4 rings (SSSR count). The first-order chi connectivity index (χ1) is 18.4. The Balaban J connectivity index is 1.46. The molecule has 1 saturated carbocycles. The number of thiophene rings is 1. The maximum absolute atomic E-state index is 13.7. The highest BCUT2D eigenvalue weighted by atomic mass is 32.1. The van der Waals surface area contributed by atoms with Gasteiger partial charge in [-0.15, -0.1) is 11.3 Å².